The van der Waals surface area contributed by atoms with Crippen LogP contribution in [0.4, 0.5) is 10.5 Å². The van der Waals surface area contributed by atoms with E-state index in [0.717, 1.165) is 31.8 Å². The molecule has 2 atom stereocenters. The normalized spacial score (nSPS) is 16.0. The monoisotopic (exact) mass is 478 g/mol. The van der Waals surface area contributed by atoms with Crippen LogP contribution in [-0.4, -0.2) is 67.1 Å². The highest BCUT2D eigenvalue weighted by Gasteiger charge is 2.31. The molecule has 0 aliphatic carbocycles. The minimum absolute atomic E-state index is 0.0133. The van der Waals surface area contributed by atoms with Crippen LogP contribution in [0.1, 0.15) is 32.8 Å². The van der Waals surface area contributed by atoms with E-state index in [-0.39, 0.29) is 17.9 Å². The Labute approximate surface area is 209 Å². The number of anilines is 1. The van der Waals surface area contributed by atoms with Crippen LogP contribution in [0.15, 0.2) is 60.7 Å². The zero-order valence-corrected chi connectivity index (χ0v) is 21.1. The van der Waals surface area contributed by atoms with Crippen molar-refractivity contribution in [3.8, 4) is 5.75 Å². The van der Waals surface area contributed by atoms with E-state index in [2.05, 4.69) is 39.8 Å². The van der Waals surface area contributed by atoms with Gasteiger partial charge in [0, 0.05) is 38.4 Å². The number of carbonyl (C=O) groups is 2. The second-order valence-electron chi connectivity index (χ2n) is 8.86. The first kappa shape index (κ1) is 26.3. The first-order valence-electron chi connectivity index (χ1n) is 12.5. The second-order valence-corrected chi connectivity index (χ2v) is 8.86. The van der Waals surface area contributed by atoms with Gasteiger partial charge in [-0.05, 0) is 42.7 Å². The van der Waals surface area contributed by atoms with Crippen LogP contribution >= 0.6 is 0 Å². The maximum absolute atomic E-state index is 13.3. The van der Waals surface area contributed by atoms with Gasteiger partial charge in [-0.25, -0.2) is 4.79 Å². The Kier molecular flexibility index (Phi) is 10.2. The highest BCUT2D eigenvalue weighted by Crippen LogP contribution is 2.17. The number of carbonyl (C=O) groups excluding carboxylic acids is 2. The third-order valence-corrected chi connectivity index (χ3v) is 6.35. The lowest BCUT2D eigenvalue weighted by atomic mass is 9.97. The molecule has 3 amide bonds. The van der Waals surface area contributed by atoms with Crippen LogP contribution in [0.2, 0.25) is 0 Å². The average Bonchev–Trinajstić information content (AvgIpc) is 2.89. The van der Waals surface area contributed by atoms with Crippen LogP contribution in [0.5, 0.6) is 5.75 Å². The summed E-state index contributed by atoms with van der Waals surface area (Å²) in [6.45, 7) is 10.4. The van der Waals surface area contributed by atoms with E-state index in [1.807, 2.05) is 56.0 Å². The van der Waals surface area contributed by atoms with Crippen molar-refractivity contribution in [1.82, 2.24) is 15.1 Å². The molecule has 2 aromatic carbocycles. The molecule has 0 radical (unpaired) electrons. The van der Waals surface area contributed by atoms with E-state index < -0.39 is 6.04 Å². The molecule has 1 saturated heterocycles. The van der Waals surface area contributed by atoms with Crippen molar-refractivity contribution in [3.05, 3.63) is 66.2 Å². The fourth-order valence-electron chi connectivity index (χ4n) is 4.04. The van der Waals surface area contributed by atoms with Gasteiger partial charge in [-0.1, -0.05) is 62.8 Å². The van der Waals surface area contributed by atoms with Gasteiger partial charge in [0.15, 0.2) is 0 Å². The molecule has 1 aliphatic rings. The molecular weight excluding hydrogens is 440 g/mol. The highest BCUT2D eigenvalue weighted by molar-refractivity contribution is 5.94. The molecule has 35 heavy (non-hydrogen) atoms. The Morgan fingerprint density at radius 2 is 1.69 bits per heavy atom. The van der Waals surface area contributed by atoms with Crippen molar-refractivity contribution >= 4 is 23.7 Å². The lowest BCUT2D eigenvalue weighted by Crippen LogP contribution is -2.57. The third kappa shape index (κ3) is 8.14. The SMILES string of the molecule is CCOc1ccc(NC(=O)NC(C(=O)N2CCN(CC=Cc3ccccc3)CC2)C(C)CC)cc1. The van der Waals surface area contributed by atoms with Gasteiger partial charge in [-0.2, -0.15) is 0 Å². The standard InChI is InChI=1S/C28H38N4O3/c1-4-22(3)26(30-28(34)29-24-13-15-25(16-14-24)35-5-2)27(33)32-20-18-31(19-21-32)17-9-12-23-10-7-6-8-11-23/h6-16,22,26H,4-5,17-21H2,1-3H3,(H2,29,30,34). The van der Waals surface area contributed by atoms with Crippen molar-refractivity contribution < 1.29 is 14.3 Å². The van der Waals surface area contributed by atoms with E-state index in [4.69, 9.17) is 4.74 Å². The number of nitrogens with zero attached hydrogens (tertiary/aromatic N) is 2. The van der Waals surface area contributed by atoms with Crippen LogP contribution in [-0.2, 0) is 4.79 Å². The van der Waals surface area contributed by atoms with E-state index in [0.29, 0.717) is 25.4 Å². The molecule has 188 valence electrons. The number of piperazine rings is 1. The molecule has 7 heteroatoms. The van der Waals surface area contributed by atoms with Crippen LogP contribution in [0.25, 0.3) is 6.08 Å². The minimum Gasteiger partial charge on any atom is -0.494 e. The lowest BCUT2D eigenvalue weighted by Gasteiger charge is -2.37. The summed E-state index contributed by atoms with van der Waals surface area (Å²) in [6.07, 6.45) is 5.09. The molecule has 2 N–H and O–H groups in total. The van der Waals surface area contributed by atoms with Crippen molar-refractivity contribution in [2.75, 3.05) is 44.6 Å². The Balaban J connectivity index is 1.50. The van der Waals surface area contributed by atoms with E-state index in [1.54, 1.807) is 12.1 Å². The minimum atomic E-state index is -0.563. The Hall–Kier alpha value is -3.32. The van der Waals surface area contributed by atoms with Crippen LogP contribution < -0.4 is 15.4 Å². The maximum atomic E-state index is 13.3. The number of amides is 3. The summed E-state index contributed by atoms with van der Waals surface area (Å²) in [5.74, 6) is 0.766. The van der Waals surface area contributed by atoms with Gasteiger partial charge in [0.05, 0.1) is 6.61 Å². The number of ether oxygens (including phenoxy) is 1. The van der Waals surface area contributed by atoms with Gasteiger partial charge >= 0.3 is 6.03 Å². The molecule has 2 aromatic rings. The smallest absolute Gasteiger partial charge is 0.319 e. The first-order valence-corrected chi connectivity index (χ1v) is 12.5. The largest absolute Gasteiger partial charge is 0.494 e. The molecule has 1 aliphatic heterocycles. The Bertz CT molecular complexity index is 954. The first-order chi connectivity index (χ1) is 17.0. The zero-order valence-electron chi connectivity index (χ0n) is 21.1. The summed E-state index contributed by atoms with van der Waals surface area (Å²) in [5, 5.41) is 5.75. The third-order valence-electron chi connectivity index (χ3n) is 6.35. The highest BCUT2D eigenvalue weighted by atomic mass is 16.5. The predicted octanol–water partition coefficient (Wildman–Crippen LogP) is 4.48. The number of hydrogen-bond acceptors (Lipinski definition) is 4. The van der Waals surface area contributed by atoms with Crippen molar-refractivity contribution in [2.24, 2.45) is 5.92 Å². The van der Waals surface area contributed by atoms with Gasteiger partial charge in [0.25, 0.3) is 0 Å². The summed E-state index contributed by atoms with van der Waals surface area (Å²) in [6, 6.07) is 16.5. The number of urea groups is 1. The van der Waals surface area contributed by atoms with Gasteiger partial charge in [0.1, 0.15) is 11.8 Å². The molecule has 3 rings (SSSR count). The summed E-state index contributed by atoms with van der Waals surface area (Å²) >= 11 is 0. The average molecular weight is 479 g/mol. The van der Waals surface area contributed by atoms with Crippen LogP contribution in [0, 0.1) is 5.92 Å². The van der Waals surface area contributed by atoms with Crippen LogP contribution in [0.3, 0.4) is 0 Å². The molecule has 7 nitrogen and oxygen atoms in total. The summed E-state index contributed by atoms with van der Waals surface area (Å²) in [5.41, 5.74) is 1.84. The second kappa shape index (κ2) is 13.5. The van der Waals surface area contributed by atoms with Crippen molar-refractivity contribution in [1.29, 1.82) is 0 Å². The molecule has 0 saturated carbocycles. The molecule has 0 aromatic heterocycles. The summed E-state index contributed by atoms with van der Waals surface area (Å²) in [7, 11) is 0. The topological polar surface area (TPSA) is 73.9 Å². The van der Waals surface area contributed by atoms with E-state index in [9.17, 15) is 9.59 Å². The van der Waals surface area contributed by atoms with Gasteiger partial charge in [0.2, 0.25) is 5.91 Å². The fraction of sp³-hybridized carbons (Fsp3) is 0.429. The van der Waals surface area contributed by atoms with E-state index >= 15 is 0 Å². The van der Waals surface area contributed by atoms with E-state index in [1.165, 1.54) is 5.56 Å². The molecule has 2 unspecified atom stereocenters. The number of hydrogen-bond donors (Lipinski definition) is 2. The van der Waals surface area contributed by atoms with Gasteiger partial charge < -0.3 is 20.3 Å². The lowest BCUT2D eigenvalue weighted by molar-refractivity contribution is -0.136. The molecule has 1 fully saturated rings. The summed E-state index contributed by atoms with van der Waals surface area (Å²) < 4.78 is 5.44. The zero-order chi connectivity index (χ0) is 25.0. The quantitative estimate of drug-likeness (QED) is 0.528. The number of benzene rings is 2. The predicted molar refractivity (Wildman–Crippen MR) is 142 cm³/mol. The summed E-state index contributed by atoms with van der Waals surface area (Å²) in [4.78, 5) is 30.3. The number of rotatable bonds is 10. The van der Waals surface area contributed by atoms with Crippen molar-refractivity contribution in [3.63, 3.8) is 0 Å². The molecule has 1 heterocycles. The maximum Gasteiger partial charge on any atom is 0.319 e. The Morgan fingerprint density at radius 1 is 1.00 bits per heavy atom. The Morgan fingerprint density at radius 3 is 2.31 bits per heavy atom. The molecule has 0 bridgehead atoms. The van der Waals surface area contributed by atoms with Gasteiger partial charge in [-0.15, -0.1) is 0 Å². The molecular formula is C28H38N4O3. The van der Waals surface area contributed by atoms with Gasteiger partial charge in [-0.3, -0.25) is 9.69 Å². The van der Waals surface area contributed by atoms with Crippen molar-refractivity contribution in [2.45, 2.75) is 33.2 Å². The fourth-order valence-corrected chi connectivity index (χ4v) is 4.04. The number of nitrogens with one attached hydrogen (secondary N) is 2. The molecule has 0 spiro atoms.